The predicted molar refractivity (Wildman–Crippen MR) is 96.5 cm³/mol. The molecule has 0 aliphatic carbocycles. The van der Waals surface area contributed by atoms with Gasteiger partial charge in [-0.3, -0.25) is 9.89 Å². The largest absolute Gasteiger partial charge is 0.352 e. The molecular weight excluding hydrogens is 302 g/mol. The number of rotatable bonds is 3. The highest BCUT2D eigenvalue weighted by Crippen LogP contribution is 2.25. The van der Waals surface area contributed by atoms with Gasteiger partial charge < -0.3 is 5.32 Å². The number of nitrogens with zero attached hydrogens (tertiary/aromatic N) is 3. The third kappa shape index (κ3) is 3.18. The standard InChI is InChI=1S/C18H23N5O/c1-11(2)19-17-21-16(20-14-10-15(24)22-23(14)17)12-6-8-13(9-7-12)18(3,4)5/h6-11H,1-5H3,(H,22,24)(H,19,20,21). The molecule has 0 radical (unpaired) electrons. The first-order valence-electron chi connectivity index (χ1n) is 8.11. The van der Waals surface area contributed by atoms with Crippen LogP contribution in [0.15, 0.2) is 35.1 Å². The molecule has 2 heterocycles. The maximum Gasteiger partial charge on any atom is 0.266 e. The third-order valence-corrected chi connectivity index (χ3v) is 3.78. The van der Waals surface area contributed by atoms with Crippen LogP contribution in [0.1, 0.15) is 40.2 Å². The van der Waals surface area contributed by atoms with E-state index in [-0.39, 0.29) is 17.0 Å². The average molecular weight is 325 g/mol. The number of anilines is 1. The Balaban J connectivity index is 2.10. The van der Waals surface area contributed by atoms with Crippen molar-refractivity contribution < 1.29 is 0 Å². The average Bonchev–Trinajstić information content (AvgIpc) is 2.86. The van der Waals surface area contributed by atoms with Gasteiger partial charge in [-0.05, 0) is 24.8 Å². The number of hydrogen-bond acceptors (Lipinski definition) is 4. The lowest BCUT2D eigenvalue weighted by atomic mass is 9.87. The van der Waals surface area contributed by atoms with Gasteiger partial charge in [-0.15, -0.1) is 0 Å². The van der Waals surface area contributed by atoms with Crippen LogP contribution in [0.5, 0.6) is 0 Å². The minimum absolute atomic E-state index is 0.0989. The van der Waals surface area contributed by atoms with Crippen molar-refractivity contribution in [1.82, 2.24) is 19.6 Å². The van der Waals surface area contributed by atoms with Gasteiger partial charge in [0.05, 0.1) is 0 Å². The van der Waals surface area contributed by atoms with Crippen molar-refractivity contribution in [2.75, 3.05) is 5.32 Å². The van der Waals surface area contributed by atoms with Crippen LogP contribution < -0.4 is 10.9 Å². The first-order chi connectivity index (χ1) is 11.2. The quantitative estimate of drug-likeness (QED) is 0.775. The minimum Gasteiger partial charge on any atom is -0.352 e. The van der Waals surface area contributed by atoms with E-state index in [1.807, 2.05) is 26.0 Å². The molecule has 0 fully saturated rings. The molecule has 0 aliphatic heterocycles. The fourth-order valence-electron chi connectivity index (χ4n) is 2.51. The first-order valence-corrected chi connectivity index (χ1v) is 8.11. The molecule has 3 aromatic rings. The molecule has 6 heteroatoms. The zero-order chi connectivity index (χ0) is 17.5. The van der Waals surface area contributed by atoms with Crippen LogP contribution in [0, 0.1) is 0 Å². The Morgan fingerprint density at radius 3 is 2.38 bits per heavy atom. The van der Waals surface area contributed by atoms with Gasteiger partial charge in [0, 0.05) is 17.7 Å². The zero-order valence-electron chi connectivity index (χ0n) is 14.7. The van der Waals surface area contributed by atoms with Crippen molar-refractivity contribution in [3.63, 3.8) is 0 Å². The molecule has 2 aromatic heterocycles. The first kappa shape index (κ1) is 16.2. The lowest BCUT2D eigenvalue weighted by Gasteiger charge is -2.19. The summed E-state index contributed by atoms with van der Waals surface area (Å²) in [7, 11) is 0. The van der Waals surface area contributed by atoms with Crippen LogP contribution in [0.4, 0.5) is 5.95 Å². The molecule has 0 unspecified atom stereocenters. The Morgan fingerprint density at radius 2 is 1.79 bits per heavy atom. The van der Waals surface area contributed by atoms with Gasteiger partial charge in [0.15, 0.2) is 11.5 Å². The number of aromatic nitrogens is 4. The van der Waals surface area contributed by atoms with Gasteiger partial charge in [-0.1, -0.05) is 45.0 Å². The number of fused-ring (bicyclic) bond motifs is 1. The van der Waals surface area contributed by atoms with E-state index in [0.717, 1.165) is 5.56 Å². The molecule has 0 bridgehead atoms. The molecule has 2 N–H and O–H groups in total. The molecule has 0 saturated carbocycles. The van der Waals surface area contributed by atoms with Crippen molar-refractivity contribution in [2.45, 2.75) is 46.1 Å². The fraction of sp³-hybridized carbons (Fsp3) is 0.389. The lowest BCUT2D eigenvalue weighted by molar-refractivity contribution is 0.590. The Hall–Kier alpha value is -2.63. The number of hydrogen-bond donors (Lipinski definition) is 2. The van der Waals surface area contributed by atoms with E-state index in [1.54, 1.807) is 4.52 Å². The summed E-state index contributed by atoms with van der Waals surface area (Å²) < 4.78 is 1.58. The molecule has 126 valence electrons. The van der Waals surface area contributed by atoms with Crippen molar-refractivity contribution >= 4 is 11.6 Å². The zero-order valence-corrected chi connectivity index (χ0v) is 14.7. The van der Waals surface area contributed by atoms with Crippen LogP contribution in [-0.4, -0.2) is 25.6 Å². The van der Waals surface area contributed by atoms with Gasteiger partial charge >= 0.3 is 0 Å². The summed E-state index contributed by atoms with van der Waals surface area (Å²) >= 11 is 0. The summed E-state index contributed by atoms with van der Waals surface area (Å²) in [5.74, 6) is 1.17. The molecule has 0 saturated heterocycles. The summed E-state index contributed by atoms with van der Waals surface area (Å²) in [5, 5.41) is 5.96. The highest BCUT2D eigenvalue weighted by atomic mass is 16.1. The monoisotopic (exact) mass is 325 g/mol. The van der Waals surface area contributed by atoms with Crippen molar-refractivity contribution in [1.29, 1.82) is 0 Å². The highest BCUT2D eigenvalue weighted by molar-refractivity contribution is 5.60. The van der Waals surface area contributed by atoms with E-state index in [2.05, 4.69) is 53.3 Å². The Morgan fingerprint density at radius 1 is 1.12 bits per heavy atom. The molecule has 6 nitrogen and oxygen atoms in total. The van der Waals surface area contributed by atoms with Crippen LogP contribution in [0.25, 0.3) is 17.0 Å². The lowest BCUT2D eigenvalue weighted by Crippen LogP contribution is -2.16. The molecule has 24 heavy (non-hydrogen) atoms. The second kappa shape index (κ2) is 5.78. The predicted octanol–water partition coefficient (Wildman–Crippen LogP) is 3.20. The van der Waals surface area contributed by atoms with Gasteiger partial charge in [0.2, 0.25) is 5.95 Å². The van der Waals surface area contributed by atoms with E-state index in [4.69, 9.17) is 0 Å². The van der Waals surface area contributed by atoms with Crippen molar-refractivity contribution in [2.24, 2.45) is 0 Å². The Labute approximate surface area is 141 Å². The Bertz CT molecular complexity index is 913. The van der Waals surface area contributed by atoms with Crippen LogP contribution in [-0.2, 0) is 5.41 Å². The third-order valence-electron chi connectivity index (χ3n) is 3.78. The summed E-state index contributed by atoms with van der Waals surface area (Å²) in [6.45, 7) is 10.6. The van der Waals surface area contributed by atoms with E-state index >= 15 is 0 Å². The fourth-order valence-corrected chi connectivity index (χ4v) is 2.51. The maximum absolute atomic E-state index is 11.7. The van der Waals surface area contributed by atoms with Crippen LogP contribution in [0.3, 0.4) is 0 Å². The van der Waals surface area contributed by atoms with Gasteiger partial charge in [0.25, 0.3) is 5.56 Å². The molecule has 0 spiro atoms. The number of aromatic amines is 1. The number of benzene rings is 1. The van der Waals surface area contributed by atoms with E-state index in [9.17, 15) is 4.79 Å². The van der Waals surface area contributed by atoms with Gasteiger partial charge in [-0.2, -0.15) is 4.98 Å². The van der Waals surface area contributed by atoms with Gasteiger partial charge in [0.1, 0.15) is 0 Å². The molecule has 0 aliphatic rings. The normalized spacial score (nSPS) is 12.1. The SMILES string of the molecule is CC(C)Nc1nc(-c2ccc(C(C)(C)C)cc2)nc2cc(=O)[nH]n12. The van der Waals surface area contributed by atoms with Crippen molar-refractivity contribution in [3.8, 4) is 11.4 Å². The second-order valence-electron chi connectivity index (χ2n) is 7.31. The van der Waals surface area contributed by atoms with E-state index < -0.39 is 0 Å². The summed E-state index contributed by atoms with van der Waals surface area (Å²) in [6, 6.07) is 9.90. The summed E-state index contributed by atoms with van der Waals surface area (Å²) in [6.07, 6.45) is 0. The van der Waals surface area contributed by atoms with Crippen LogP contribution in [0.2, 0.25) is 0 Å². The molecule has 0 atom stereocenters. The number of H-pyrrole nitrogens is 1. The summed E-state index contributed by atoms with van der Waals surface area (Å²) in [4.78, 5) is 20.8. The molecular formula is C18H23N5O. The topological polar surface area (TPSA) is 75.1 Å². The molecule has 3 rings (SSSR count). The maximum atomic E-state index is 11.7. The highest BCUT2D eigenvalue weighted by Gasteiger charge is 2.15. The van der Waals surface area contributed by atoms with Crippen LogP contribution >= 0.6 is 0 Å². The Kier molecular flexibility index (Phi) is 3.91. The van der Waals surface area contributed by atoms with E-state index in [0.29, 0.717) is 17.4 Å². The molecule has 0 amide bonds. The smallest absolute Gasteiger partial charge is 0.266 e. The van der Waals surface area contributed by atoms with E-state index in [1.165, 1.54) is 11.6 Å². The molecule has 1 aromatic carbocycles. The van der Waals surface area contributed by atoms with Crippen molar-refractivity contribution in [3.05, 3.63) is 46.2 Å². The number of nitrogens with one attached hydrogen (secondary N) is 2. The second-order valence-corrected chi connectivity index (χ2v) is 7.31. The minimum atomic E-state index is -0.198. The summed E-state index contributed by atoms with van der Waals surface area (Å²) in [5.41, 5.74) is 2.63. The van der Waals surface area contributed by atoms with Gasteiger partial charge in [-0.25, -0.2) is 9.50 Å².